The van der Waals surface area contributed by atoms with E-state index in [9.17, 15) is 13.6 Å². The third-order valence-corrected chi connectivity index (χ3v) is 2.51. The molecular formula is C11H12F2N4O2. The number of aliphatic hydroxyl groups excluding tert-OH is 1. The van der Waals surface area contributed by atoms with Crippen molar-refractivity contribution in [1.29, 1.82) is 0 Å². The summed E-state index contributed by atoms with van der Waals surface area (Å²) in [6, 6.07) is 2.92. The van der Waals surface area contributed by atoms with Crippen LogP contribution in [0.25, 0.3) is 5.65 Å². The first-order valence-corrected chi connectivity index (χ1v) is 5.65. The van der Waals surface area contributed by atoms with Gasteiger partial charge in [0.25, 0.3) is 12.3 Å². The molecule has 0 spiro atoms. The Kier molecular flexibility index (Phi) is 4.00. The largest absolute Gasteiger partial charge is 0.396 e. The highest BCUT2D eigenvalue weighted by atomic mass is 19.3. The Morgan fingerprint density at radius 3 is 2.89 bits per heavy atom. The van der Waals surface area contributed by atoms with Crippen LogP contribution >= 0.6 is 0 Å². The molecule has 0 saturated heterocycles. The molecule has 0 aromatic carbocycles. The highest BCUT2D eigenvalue weighted by molar-refractivity contribution is 5.94. The van der Waals surface area contributed by atoms with Crippen LogP contribution < -0.4 is 5.32 Å². The first-order valence-electron chi connectivity index (χ1n) is 5.65. The fourth-order valence-electron chi connectivity index (χ4n) is 1.57. The van der Waals surface area contributed by atoms with Gasteiger partial charge in [-0.2, -0.15) is 0 Å². The summed E-state index contributed by atoms with van der Waals surface area (Å²) in [5.41, 5.74) is 0.481. The summed E-state index contributed by atoms with van der Waals surface area (Å²) in [6.07, 6.45) is -1.06. The van der Waals surface area contributed by atoms with E-state index in [-0.39, 0.29) is 17.8 Å². The molecule has 2 heterocycles. The lowest BCUT2D eigenvalue weighted by Crippen LogP contribution is -2.25. The summed E-state index contributed by atoms with van der Waals surface area (Å²) in [5.74, 6) is -0.899. The number of halogens is 2. The Hall–Kier alpha value is -2.09. The molecule has 0 unspecified atom stereocenters. The number of fused-ring (bicyclic) bond motifs is 1. The number of hydrogen-bond donors (Lipinski definition) is 2. The van der Waals surface area contributed by atoms with Gasteiger partial charge in [0.05, 0.1) is 5.56 Å². The highest BCUT2D eigenvalue weighted by Crippen LogP contribution is 2.17. The van der Waals surface area contributed by atoms with Crippen LogP contribution in [0.3, 0.4) is 0 Å². The van der Waals surface area contributed by atoms with Crippen LogP contribution in [-0.4, -0.2) is 38.8 Å². The van der Waals surface area contributed by atoms with Gasteiger partial charge in [-0.1, -0.05) is 0 Å². The number of rotatable bonds is 5. The van der Waals surface area contributed by atoms with Crippen molar-refractivity contribution in [2.75, 3.05) is 13.2 Å². The second-order valence-electron chi connectivity index (χ2n) is 3.84. The normalized spacial score (nSPS) is 11.2. The van der Waals surface area contributed by atoms with E-state index >= 15 is 0 Å². The topological polar surface area (TPSA) is 79.5 Å². The van der Waals surface area contributed by atoms with Crippen LogP contribution in [-0.2, 0) is 0 Å². The molecule has 0 fully saturated rings. The van der Waals surface area contributed by atoms with E-state index in [1.165, 1.54) is 18.3 Å². The number of nitrogens with zero attached hydrogens (tertiary/aromatic N) is 3. The molecule has 0 radical (unpaired) electrons. The smallest absolute Gasteiger partial charge is 0.297 e. The highest BCUT2D eigenvalue weighted by Gasteiger charge is 2.16. The first-order chi connectivity index (χ1) is 9.13. The maximum absolute atomic E-state index is 12.7. The Morgan fingerprint density at radius 1 is 1.42 bits per heavy atom. The molecule has 0 aliphatic carbocycles. The maximum atomic E-state index is 12.7. The van der Waals surface area contributed by atoms with Crippen LogP contribution in [0, 0.1) is 0 Å². The van der Waals surface area contributed by atoms with Gasteiger partial charge in [0.2, 0.25) is 5.82 Å². The van der Waals surface area contributed by atoms with Crippen molar-refractivity contribution >= 4 is 11.6 Å². The predicted molar refractivity (Wildman–Crippen MR) is 62.0 cm³/mol. The van der Waals surface area contributed by atoms with Gasteiger partial charge in [0.15, 0.2) is 5.65 Å². The second kappa shape index (κ2) is 5.70. The molecule has 8 heteroatoms. The summed E-state index contributed by atoms with van der Waals surface area (Å²) in [4.78, 5) is 11.7. The van der Waals surface area contributed by atoms with Crippen LogP contribution in [0.1, 0.15) is 29.0 Å². The summed E-state index contributed by atoms with van der Waals surface area (Å²) in [7, 11) is 0. The molecule has 102 valence electrons. The number of carbonyl (C=O) groups excluding carboxylic acids is 1. The van der Waals surface area contributed by atoms with Gasteiger partial charge in [-0.3, -0.25) is 9.20 Å². The third kappa shape index (κ3) is 2.84. The van der Waals surface area contributed by atoms with Crippen LogP contribution in [0.15, 0.2) is 18.3 Å². The molecule has 0 saturated carbocycles. The average Bonchev–Trinajstić information content (AvgIpc) is 2.81. The van der Waals surface area contributed by atoms with Gasteiger partial charge in [-0.05, 0) is 18.6 Å². The van der Waals surface area contributed by atoms with E-state index in [1.54, 1.807) is 0 Å². The van der Waals surface area contributed by atoms with Gasteiger partial charge in [0, 0.05) is 19.3 Å². The zero-order chi connectivity index (χ0) is 13.8. The van der Waals surface area contributed by atoms with Crippen LogP contribution in [0.5, 0.6) is 0 Å². The van der Waals surface area contributed by atoms with Gasteiger partial charge < -0.3 is 10.4 Å². The zero-order valence-corrected chi connectivity index (χ0v) is 9.88. The lowest BCUT2D eigenvalue weighted by molar-refractivity contribution is 0.0950. The number of aromatic nitrogens is 3. The average molecular weight is 270 g/mol. The van der Waals surface area contributed by atoms with Gasteiger partial charge in [0.1, 0.15) is 0 Å². The van der Waals surface area contributed by atoms with Crippen LogP contribution in [0.4, 0.5) is 8.78 Å². The molecule has 2 aromatic heterocycles. The summed E-state index contributed by atoms with van der Waals surface area (Å²) < 4.78 is 26.4. The zero-order valence-electron chi connectivity index (χ0n) is 9.88. The third-order valence-electron chi connectivity index (χ3n) is 2.51. The van der Waals surface area contributed by atoms with Crippen molar-refractivity contribution in [2.24, 2.45) is 0 Å². The van der Waals surface area contributed by atoms with E-state index < -0.39 is 18.2 Å². The quantitative estimate of drug-likeness (QED) is 0.787. The number of aliphatic hydroxyl groups is 1. The Bertz CT molecular complexity index is 585. The maximum Gasteiger partial charge on any atom is 0.297 e. The summed E-state index contributed by atoms with van der Waals surface area (Å²) >= 11 is 0. The standard InChI is InChI=1S/C11H12F2N4O2/c12-9(13)10-16-15-8-3-2-7(6-17(8)10)11(19)14-4-1-5-18/h2-3,6,9,18H,1,4-5H2,(H,14,19). The molecule has 2 aromatic rings. The van der Waals surface area contributed by atoms with Crippen molar-refractivity contribution in [3.8, 4) is 0 Å². The van der Waals surface area contributed by atoms with Gasteiger partial charge >= 0.3 is 0 Å². The Balaban J connectivity index is 2.24. The van der Waals surface area contributed by atoms with Crippen molar-refractivity contribution in [3.63, 3.8) is 0 Å². The van der Waals surface area contributed by atoms with E-state index in [0.717, 1.165) is 4.40 Å². The van der Waals surface area contributed by atoms with Gasteiger partial charge in [-0.25, -0.2) is 8.78 Å². The number of hydrogen-bond acceptors (Lipinski definition) is 4. The first kappa shape index (κ1) is 13.3. The number of nitrogens with one attached hydrogen (secondary N) is 1. The molecule has 1 amide bonds. The summed E-state index contributed by atoms with van der Waals surface area (Å²) in [6.45, 7) is 0.289. The SMILES string of the molecule is O=C(NCCCO)c1ccc2nnc(C(F)F)n2c1. The minimum absolute atomic E-state index is 0.0275. The lowest BCUT2D eigenvalue weighted by Gasteiger charge is -2.05. The number of pyridine rings is 1. The van der Waals surface area contributed by atoms with Crippen molar-refractivity contribution < 1.29 is 18.7 Å². The van der Waals surface area contributed by atoms with Crippen molar-refractivity contribution in [3.05, 3.63) is 29.7 Å². The van der Waals surface area contributed by atoms with E-state index in [1.807, 2.05) is 0 Å². The van der Waals surface area contributed by atoms with Crippen molar-refractivity contribution in [1.82, 2.24) is 19.9 Å². The monoisotopic (exact) mass is 270 g/mol. The molecule has 2 rings (SSSR count). The fourth-order valence-corrected chi connectivity index (χ4v) is 1.57. The summed E-state index contributed by atoms with van der Waals surface area (Å²) in [5, 5.41) is 18.1. The molecule has 19 heavy (non-hydrogen) atoms. The second-order valence-corrected chi connectivity index (χ2v) is 3.84. The number of carbonyl (C=O) groups is 1. The molecule has 6 nitrogen and oxygen atoms in total. The van der Waals surface area contributed by atoms with Crippen molar-refractivity contribution in [2.45, 2.75) is 12.8 Å². The predicted octanol–water partition coefficient (Wildman–Crippen LogP) is 0.779. The lowest BCUT2D eigenvalue weighted by atomic mass is 10.2. The molecule has 0 atom stereocenters. The van der Waals surface area contributed by atoms with Crippen LogP contribution in [0.2, 0.25) is 0 Å². The van der Waals surface area contributed by atoms with E-state index in [0.29, 0.717) is 13.0 Å². The Morgan fingerprint density at radius 2 is 2.21 bits per heavy atom. The molecule has 0 aliphatic rings. The van der Waals surface area contributed by atoms with E-state index in [2.05, 4.69) is 15.5 Å². The molecular weight excluding hydrogens is 258 g/mol. The fraction of sp³-hybridized carbons (Fsp3) is 0.364. The van der Waals surface area contributed by atoms with E-state index in [4.69, 9.17) is 5.11 Å². The molecule has 2 N–H and O–H groups in total. The molecule has 0 aliphatic heterocycles. The minimum Gasteiger partial charge on any atom is -0.396 e. The minimum atomic E-state index is -2.76. The Labute approximate surface area is 107 Å². The molecule has 0 bridgehead atoms. The van der Waals surface area contributed by atoms with Gasteiger partial charge in [-0.15, -0.1) is 10.2 Å². The number of alkyl halides is 2. The number of amides is 1.